The highest BCUT2D eigenvalue weighted by Crippen LogP contribution is 2.29. The van der Waals surface area contributed by atoms with Gasteiger partial charge in [-0.25, -0.2) is 0 Å². The van der Waals surface area contributed by atoms with Crippen molar-refractivity contribution in [3.8, 4) is 5.75 Å². The van der Waals surface area contributed by atoms with Crippen LogP contribution in [0.25, 0.3) is 10.9 Å². The highest BCUT2D eigenvalue weighted by molar-refractivity contribution is 7.88. The quantitative estimate of drug-likeness (QED) is 0.632. The molecule has 2 rings (SSSR count). The average molecular weight is 305 g/mol. The van der Waals surface area contributed by atoms with Gasteiger partial charge in [0.1, 0.15) is 0 Å². The second kappa shape index (κ2) is 4.62. The highest BCUT2D eigenvalue weighted by Gasteiger charge is 2.48. The van der Waals surface area contributed by atoms with Crippen LogP contribution in [0, 0.1) is 13.8 Å². The zero-order valence-corrected chi connectivity index (χ0v) is 11.3. The van der Waals surface area contributed by atoms with Crippen molar-refractivity contribution in [3.05, 3.63) is 35.5 Å². The fraction of sp³-hybridized carbons (Fsp3) is 0.250. The molecule has 1 heterocycles. The number of alkyl halides is 3. The molecule has 0 amide bonds. The van der Waals surface area contributed by atoms with Crippen LogP contribution in [-0.4, -0.2) is 18.9 Å². The summed E-state index contributed by atoms with van der Waals surface area (Å²) in [6.45, 7) is 3.53. The van der Waals surface area contributed by atoms with Gasteiger partial charge in [0, 0.05) is 5.39 Å². The summed E-state index contributed by atoms with van der Waals surface area (Å²) in [5, 5.41) is 0.542. The number of hydrogen-bond acceptors (Lipinski definition) is 4. The molecule has 0 atom stereocenters. The van der Waals surface area contributed by atoms with E-state index < -0.39 is 21.4 Å². The van der Waals surface area contributed by atoms with Gasteiger partial charge in [0.05, 0.1) is 11.7 Å². The van der Waals surface area contributed by atoms with Gasteiger partial charge < -0.3 is 4.18 Å². The molecule has 0 saturated carbocycles. The number of benzene rings is 1. The lowest BCUT2D eigenvalue weighted by Crippen LogP contribution is -2.28. The van der Waals surface area contributed by atoms with E-state index >= 15 is 0 Å². The van der Waals surface area contributed by atoms with Gasteiger partial charge in [-0.2, -0.15) is 21.6 Å². The Morgan fingerprint density at radius 2 is 1.75 bits per heavy atom. The van der Waals surface area contributed by atoms with E-state index in [-0.39, 0.29) is 0 Å². The maximum Gasteiger partial charge on any atom is 0.534 e. The molecule has 4 nitrogen and oxygen atoms in total. The molecule has 0 unspecified atom stereocenters. The second-order valence-corrected chi connectivity index (χ2v) is 5.79. The van der Waals surface area contributed by atoms with Crippen LogP contribution in [0.5, 0.6) is 5.75 Å². The van der Waals surface area contributed by atoms with Crippen molar-refractivity contribution in [2.24, 2.45) is 0 Å². The standard InChI is InChI=1S/C12H10F3NO3S/c1-7-3-4-8(2)11-10(7)5-9(6-16-11)19-20(17,18)12(13,14)15/h3-6H,1-2H3. The maximum atomic E-state index is 12.2. The van der Waals surface area contributed by atoms with Gasteiger partial charge in [-0.1, -0.05) is 12.1 Å². The minimum atomic E-state index is -5.68. The number of rotatable bonds is 2. The number of aryl methyl sites for hydroxylation is 2. The molecule has 0 aliphatic carbocycles. The van der Waals surface area contributed by atoms with Crippen molar-refractivity contribution in [1.82, 2.24) is 4.98 Å². The van der Waals surface area contributed by atoms with Crippen LogP contribution in [-0.2, 0) is 10.1 Å². The van der Waals surface area contributed by atoms with Gasteiger partial charge in [-0.05, 0) is 31.0 Å². The van der Waals surface area contributed by atoms with Gasteiger partial charge in [-0.15, -0.1) is 0 Å². The lowest BCUT2D eigenvalue weighted by Gasteiger charge is -2.11. The predicted octanol–water partition coefficient (Wildman–Crippen LogP) is 3.08. The Morgan fingerprint density at radius 3 is 2.35 bits per heavy atom. The molecule has 8 heteroatoms. The Bertz CT molecular complexity index is 769. The van der Waals surface area contributed by atoms with Crippen molar-refractivity contribution in [1.29, 1.82) is 0 Å². The largest absolute Gasteiger partial charge is 0.534 e. The zero-order valence-electron chi connectivity index (χ0n) is 10.5. The number of hydrogen-bond donors (Lipinski definition) is 0. The summed E-state index contributed by atoms with van der Waals surface area (Å²) in [6, 6.07) is 4.81. The van der Waals surface area contributed by atoms with Crippen molar-refractivity contribution in [2.75, 3.05) is 0 Å². The number of fused-ring (bicyclic) bond motifs is 1. The third-order valence-corrected chi connectivity index (χ3v) is 3.71. The van der Waals surface area contributed by atoms with Crippen LogP contribution in [0.15, 0.2) is 24.4 Å². The Balaban J connectivity index is 2.51. The summed E-state index contributed by atoms with van der Waals surface area (Å²) in [4.78, 5) is 3.95. The Kier molecular flexibility index (Phi) is 3.37. The third kappa shape index (κ3) is 2.55. The summed E-state index contributed by atoms with van der Waals surface area (Å²) < 4.78 is 62.7. The number of pyridine rings is 1. The third-order valence-electron chi connectivity index (χ3n) is 2.73. The van der Waals surface area contributed by atoms with E-state index in [1.54, 1.807) is 19.9 Å². The summed E-state index contributed by atoms with van der Waals surface area (Å²) >= 11 is 0. The molecule has 0 radical (unpaired) electrons. The van der Waals surface area contributed by atoms with E-state index in [9.17, 15) is 21.6 Å². The molecule has 0 spiro atoms. The topological polar surface area (TPSA) is 56.3 Å². The number of aromatic nitrogens is 1. The fourth-order valence-corrected chi connectivity index (χ4v) is 2.14. The normalized spacial score (nSPS) is 12.7. The van der Waals surface area contributed by atoms with Gasteiger partial charge >= 0.3 is 15.6 Å². The Morgan fingerprint density at radius 1 is 1.15 bits per heavy atom. The van der Waals surface area contributed by atoms with Crippen molar-refractivity contribution < 1.29 is 25.8 Å². The van der Waals surface area contributed by atoms with E-state index in [1.165, 1.54) is 6.07 Å². The van der Waals surface area contributed by atoms with Crippen LogP contribution in [0.4, 0.5) is 13.2 Å². The van der Waals surface area contributed by atoms with Crippen LogP contribution in [0.2, 0.25) is 0 Å². The molecule has 0 saturated heterocycles. The predicted molar refractivity (Wildman–Crippen MR) is 66.8 cm³/mol. The van der Waals surface area contributed by atoms with Crippen LogP contribution >= 0.6 is 0 Å². The summed E-state index contributed by atoms with van der Waals surface area (Å²) in [7, 11) is -5.68. The first-order valence-electron chi connectivity index (χ1n) is 5.48. The molecule has 1 aromatic carbocycles. The molecule has 1 aromatic heterocycles. The van der Waals surface area contributed by atoms with Crippen LogP contribution in [0.3, 0.4) is 0 Å². The van der Waals surface area contributed by atoms with Crippen molar-refractivity contribution >= 4 is 21.0 Å². The molecule has 0 N–H and O–H groups in total. The summed E-state index contributed by atoms with van der Waals surface area (Å²) in [5.41, 5.74) is -3.30. The molecule has 108 valence electrons. The molecule has 2 aromatic rings. The average Bonchev–Trinajstić information content (AvgIpc) is 2.32. The van der Waals surface area contributed by atoms with Gasteiger partial charge in [0.2, 0.25) is 0 Å². The summed E-state index contributed by atoms with van der Waals surface area (Å²) in [6.07, 6.45) is 0.956. The monoisotopic (exact) mass is 305 g/mol. The fourth-order valence-electron chi connectivity index (χ4n) is 1.70. The van der Waals surface area contributed by atoms with Gasteiger partial charge in [0.25, 0.3) is 0 Å². The molecule has 0 aliphatic rings. The van der Waals surface area contributed by atoms with E-state index in [0.29, 0.717) is 10.9 Å². The SMILES string of the molecule is Cc1ccc(C)c2ncc(OS(=O)(=O)C(F)(F)F)cc12. The van der Waals surface area contributed by atoms with Crippen LogP contribution in [0.1, 0.15) is 11.1 Å². The molecule has 0 aliphatic heterocycles. The smallest absolute Gasteiger partial charge is 0.374 e. The minimum absolute atomic E-state index is 0.469. The molecule has 0 bridgehead atoms. The Hall–Kier alpha value is -1.83. The second-order valence-electron chi connectivity index (χ2n) is 4.25. The number of nitrogens with zero attached hydrogens (tertiary/aromatic N) is 1. The lowest BCUT2D eigenvalue weighted by molar-refractivity contribution is -0.0500. The van der Waals surface area contributed by atoms with E-state index in [0.717, 1.165) is 17.3 Å². The van der Waals surface area contributed by atoms with Crippen molar-refractivity contribution in [3.63, 3.8) is 0 Å². The molecular weight excluding hydrogens is 295 g/mol. The first-order chi connectivity index (χ1) is 9.12. The van der Waals surface area contributed by atoms with E-state index in [4.69, 9.17) is 0 Å². The van der Waals surface area contributed by atoms with E-state index in [2.05, 4.69) is 9.17 Å². The first kappa shape index (κ1) is 14.6. The van der Waals surface area contributed by atoms with Crippen molar-refractivity contribution in [2.45, 2.75) is 19.4 Å². The zero-order chi connectivity index (χ0) is 15.1. The molecule has 0 fully saturated rings. The van der Waals surface area contributed by atoms with E-state index in [1.807, 2.05) is 6.07 Å². The lowest BCUT2D eigenvalue weighted by atomic mass is 10.1. The minimum Gasteiger partial charge on any atom is -0.374 e. The van der Waals surface area contributed by atoms with Crippen LogP contribution < -0.4 is 4.18 Å². The highest BCUT2D eigenvalue weighted by atomic mass is 32.2. The summed E-state index contributed by atoms with van der Waals surface area (Å²) in [5.74, 6) is -0.469. The number of halogens is 3. The first-order valence-corrected chi connectivity index (χ1v) is 6.89. The van der Waals surface area contributed by atoms with Gasteiger partial charge in [0.15, 0.2) is 5.75 Å². The molecule has 20 heavy (non-hydrogen) atoms. The molecular formula is C12H10F3NO3S. The van der Waals surface area contributed by atoms with Gasteiger partial charge in [-0.3, -0.25) is 4.98 Å². The maximum absolute atomic E-state index is 12.2. The Labute approximate surface area is 113 Å².